The summed E-state index contributed by atoms with van der Waals surface area (Å²) in [6.07, 6.45) is 0.925. The first-order valence-electron chi connectivity index (χ1n) is 5.55. The average molecular weight is 217 g/mol. The molecule has 0 amide bonds. The van der Waals surface area contributed by atoms with Crippen LogP contribution in [0.15, 0.2) is 0 Å². The van der Waals surface area contributed by atoms with Crippen LogP contribution in [0.1, 0.15) is 26.2 Å². The van der Waals surface area contributed by atoms with Gasteiger partial charge in [0.1, 0.15) is 6.17 Å². The average Bonchev–Trinajstić information content (AvgIpc) is 2.13. The number of alkyl halides is 1. The van der Waals surface area contributed by atoms with E-state index in [9.17, 15) is 9.18 Å². The Morgan fingerprint density at radius 1 is 1.67 bits per heavy atom. The highest BCUT2D eigenvalue weighted by Gasteiger charge is 2.31. The quantitative estimate of drug-likeness (QED) is 0.780. The summed E-state index contributed by atoms with van der Waals surface area (Å²) in [5.74, 6) is -1.03. The molecule has 88 valence electrons. The van der Waals surface area contributed by atoms with Crippen LogP contribution in [-0.2, 0) is 4.79 Å². The fraction of sp³-hybridized carbons (Fsp3) is 0.909. The molecule has 1 fully saturated rings. The standard InChI is InChI=1S/C11H20FNO2/c1-8(12)10(6-11(14)15)9-4-3-5-13(2)7-9/h8-10H,3-7H2,1-2H3,(H,14,15). The smallest absolute Gasteiger partial charge is 0.303 e. The van der Waals surface area contributed by atoms with E-state index in [4.69, 9.17) is 5.11 Å². The topological polar surface area (TPSA) is 40.5 Å². The predicted molar refractivity (Wildman–Crippen MR) is 56.5 cm³/mol. The molecule has 0 radical (unpaired) electrons. The molecule has 0 aromatic heterocycles. The third kappa shape index (κ3) is 3.78. The third-order valence-corrected chi connectivity index (χ3v) is 3.27. The Kier molecular flexibility index (Phi) is 4.51. The molecule has 15 heavy (non-hydrogen) atoms. The van der Waals surface area contributed by atoms with E-state index >= 15 is 0 Å². The van der Waals surface area contributed by atoms with Crippen LogP contribution in [0, 0.1) is 11.8 Å². The van der Waals surface area contributed by atoms with E-state index < -0.39 is 12.1 Å². The van der Waals surface area contributed by atoms with Gasteiger partial charge in [0.2, 0.25) is 0 Å². The number of aliphatic carboxylic acids is 1. The number of rotatable bonds is 4. The van der Waals surface area contributed by atoms with Gasteiger partial charge in [0.05, 0.1) is 6.42 Å². The van der Waals surface area contributed by atoms with Gasteiger partial charge in [0.25, 0.3) is 0 Å². The van der Waals surface area contributed by atoms with Crippen LogP contribution in [0.3, 0.4) is 0 Å². The summed E-state index contributed by atoms with van der Waals surface area (Å²) >= 11 is 0. The van der Waals surface area contributed by atoms with Gasteiger partial charge in [-0.05, 0) is 39.3 Å². The van der Waals surface area contributed by atoms with Crippen LogP contribution in [0.2, 0.25) is 0 Å². The highest BCUT2D eigenvalue weighted by Crippen LogP contribution is 2.29. The van der Waals surface area contributed by atoms with Crippen molar-refractivity contribution >= 4 is 5.97 Å². The zero-order valence-electron chi connectivity index (χ0n) is 9.45. The van der Waals surface area contributed by atoms with Crippen molar-refractivity contribution < 1.29 is 14.3 Å². The Morgan fingerprint density at radius 3 is 2.80 bits per heavy atom. The van der Waals surface area contributed by atoms with Crippen molar-refractivity contribution in [2.75, 3.05) is 20.1 Å². The highest BCUT2D eigenvalue weighted by molar-refractivity contribution is 5.67. The van der Waals surface area contributed by atoms with E-state index in [2.05, 4.69) is 4.90 Å². The van der Waals surface area contributed by atoms with Crippen molar-refractivity contribution in [1.82, 2.24) is 4.90 Å². The summed E-state index contributed by atoms with van der Waals surface area (Å²) in [6, 6.07) is 0. The van der Waals surface area contributed by atoms with Gasteiger partial charge in [-0.1, -0.05) is 0 Å². The molecule has 1 N–H and O–H groups in total. The number of halogens is 1. The van der Waals surface area contributed by atoms with Crippen molar-refractivity contribution in [1.29, 1.82) is 0 Å². The molecule has 0 saturated carbocycles. The number of nitrogens with zero attached hydrogens (tertiary/aromatic N) is 1. The number of carboxylic acids is 1. The monoisotopic (exact) mass is 217 g/mol. The molecule has 0 bridgehead atoms. The van der Waals surface area contributed by atoms with Gasteiger partial charge < -0.3 is 10.0 Å². The van der Waals surface area contributed by atoms with Crippen molar-refractivity contribution in [3.63, 3.8) is 0 Å². The maximum Gasteiger partial charge on any atom is 0.303 e. The summed E-state index contributed by atoms with van der Waals surface area (Å²) in [7, 11) is 2.01. The third-order valence-electron chi connectivity index (χ3n) is 3.27. The minimum absolute atomic E-state index is 0.0455. The Labute approximate surface area is 90.3 Å². The Balaban J connectivity index is 2.57. The van der Waals surface area contributed by atoms with E-state index in [1.54, 1.807) is 0 Å². The summed E-state index contributed by atoms with van der Waals surface area (Å²) in [5.41, 5.74) is 0. The Morgan fingerprint density at radius 2 is 2.33 bits per heavy atom. The zero-order chi connectivity index (χ0) is 11.4. The van der Waals surface area contributed by atoms with Gasteiger partial charge in [-0.2, -0.15) is 0 Å². The first kappa shape index (κ1) is 12.4. The minimum Gasteiger partial charge on any atom is -0.481 e. The Hall–Kier alpha value is -0.640. The molecule has 0 spiro atoms. The number of piperidine rings is 1. The molecular formula is C11H20FNO2. The molecule has 0 aliphatic carbocycles. The van der Waals surface area contributed by atoms with Gasteiger partial charge in [0.15, 0.2) is 0 Å². The second-order valence-electron chi connectivity index (χ2n) is 4.60. The SMILES string of the molecule is CC(F)C(CC(=O)O)C1CCCN(C)C1. The van der Waals surface area contributed by atoms with Crippen LogP contribution in [0.5, 0.6) is 0 Å². The van der Waals surface area contributed by atoms with Crippen molar-refractivity contribution in [2.45, 2.75) is 32.4 Å². The van der Waals surface area contributed by atoms with Crippen LogP contribution in [0.25, 0.3) is 0 Å². The van der Waals surface area contributed by atoms with Crippen LogP contribution >= 0.6 is 0 Å². The zero-order valence-corrected chi connectivity index (χ0v) is 9.45. The molecule has 0 aromatic carbocycles. The van der Waals surface area contributed by atoms with E-state index in [0.29, 0.717) is 0 Å². The summed E-state index contributed by atoms with van der Waals surface area (Å²) in [5, 5.41) is 8.75. The fourth-order valence-corrected chi connectivity index (χ4v) is 2.46. The maximum absolute atomic E-state index is 13.4. The van der Waals surface area contributed by atoms with Gasteiger partial charge in [-0.25, -0.2) is 4.39 Å². The number of carboxylic acid groups (broad SMARTS) is 1. The molecule has 3 atom stereocenters. The lowest BCUT2D eigenvalue weighted by Crippen LogP contribution is -2.39. The first-order valence-corrected chi connectivity index (χ1v) is 5.55. The number of likely N-dealkylation sites (tertiary alicyclic amines) is 1. The molecule has 3 unspecified atom stereocenters. The largest absolute Gasteiger partial charge is 0.481 e. The lowest BCUT2D eigenvalue weighted by Gasteiger charge is -2.35. The molecule has 1 aliphatic heterocycles. The lowest BCUT2D eigenvalue weighted by molar-refractivity contribution is -0.139. The van der Waals surface area contributed by atoms with Crippen molar-refractivity contribution in [3.8, 4) is 0 Å². The predicted octanol–water partition coefficient (Wildman–Crippen LogP) is 1.78. The van der Waals surface area contributed by atoms with Crippen LogP contribution in [0.4, 0.5) is 4.39 Å². The molecule has 1 aliphatic rings. The molecule has 1 rings (SSSR count). The minimum atomic E-state index is -1.03. The second-order valence-corrected chi connectivity index (χ2v) is 4.60. The number of carbonyl (C=O) groups is 1. The van der Waals surface area contributed by atoms with Gasteiger partial charge >= 0.3 is 5.97 Å². The Bertz CT molecular complexity index is 221. The normalized spacial score (nSPS) is 27.3. The van der Waals surface area contributed by atoms with E-state index in [0.717, 1.165) is 25.9 Å². The molecule has 3 nitrogen and oxygen atoms in total. The van der Waals surface area contributed by atoms with Gasteiger partial charge in [-0.3, -0.25) is 4.79 Å². The van der Waals surface area contributed by atoms with Crippen molar-refractivity contribution in [2.24, 2.45) is 11.8 Å². The molecule has 1 saturated heterocycles. The van der Waals surface area contributed by atoms with E-state index in [-0.39, 0.29) is 18.3 Å². The first-order chi connectivity index (χ1) is 7.00. The highest BCUT2D eigenvalue weighted by atomic mass is 19.1. The summed E-state index contributed by atoms with van der Waals surface area (Å²) in [6.45, 7) is 3.34. The molecule has 1 heterocycles. The molecular weight excluding hydrogens is 197 g/mol. The van der Waals surface area contributed by atoms with Gasteiger partial charge in [-0.15, -0.1) is 0 Å². The van der Waals surface area contributed by atoms with E-state index in [1.807, 2.05) is 7.05 Å². The fourth-order valence-electron chi connectivity index (χ4n) is 2.46. The second kappa shape index (κ2) is 5.45. The number of hydrogen-bond donors (Lipinski definition) is 1. The van der Waals surface area contributed by atoms with E-state index in [1.165, 1.54) is 6.92 Å². The van der Waals surface area contributed by atoms with Gasteiger partial charge in [0, 0.05) is 12.5 Å². The molecule has 0 aromatic rings. The maximum atomic E-state index is 13.4. The summed E-state index contributed by atoms with van der Waals surface area (Å²) in [4.78, 5) is 12.8. The van der Waals surface area contributed by atoms with Crippen LogP contribution < -0.4 is 0 Å². The number of hydrogen-bond acceptors (Lipinski definition) is 2. The van der Waals surface area contributed by atoms with Crippen molar-refractivity contribution in [3.05, 3.63) is 0 Å². The molecule has 4 heteroatoms. The summed E-state index contributed by atoms with van der Waals surface area (Å²) < 4.78 is 13.4. The van der Waals surface area contributed by atoms with Crippen LogP contribution in [-0.4, -0.2) is 42.3 Å². The lowest BCUT2D eigenvalue weighted by atomic mass is 9.81.